The molecule has 0 unspecified atom stereocenters. The number of nitrogens with zero attached hydrogens (tertiary/aromatic N) is 3. The minimum Gasteiger partial charge on any atom is -0.340 e. The van der Waals surface area contributed by atoms with Crippen molar-refractivity contribution in [2.24, 2.45) is 5.92 Å². The predicted molar refractivity (Wildman–Crippen MR) is 59.9 cm³/mol. The lowest BCUT2D eigenvalue weighted by atomic mass is 9.89. The Morgan fingerprint density at radius 3 is 2.88 bits per heavy atom. The Morgan fingerprint density at radius 1 is 1.50 bits per heavy atom. The number of carbonyl (C=O) groups excluding carboxylic acids is 1. The zero-order valence-electron chi connectivity index (χ0n) is 9.65. The van der Waals surface area contributed by atoms with Crippen LogP contribution in [0.3, 0.4) is 0 Å². The van der Waals surface area contributed by atoms with Gasteiger partial charge in [0.05, 0.1) is 6.20 Å². The minimum absolute atomic E-state index is 0.0423. The van der Waals surface area contributed by atoms with Gasteiger partial charge in [-0.05, 0) is 18.8 Å². The number of H-pyrrole nitrogens is 1. The van der Waals surface area contributed by atoms with Gasteiger partial charge in [-0.25, -0.2) is 0 Å². The fourth-order valence-electron chi connectivity index (χ4n) is 2.34. The Labute approximate surface area is 95.2 Å². The largest absolute Gasteiger partial charge is 0.340 e. The van der Waals surface area contributed by atoms with E-state index in [4.69, 9.17) is 0 Å². The molecule has 0 atom stereocenters. The van der Waals surface area contributed by atoms with Crippen LogP contribution in [-0.4, -0.2) is 39.8 Å². The predicted octanol–water partition coefficient (Wildman–Crippen LogP) is 1.46. The molecule has 1 heterocycles. The first-order chi connectivity index (χ1) is 7.77. The van der Waals surface area contributed by atoms with Gasteiger partial charge in [-0.3, -0.25) is 4.79 Å². The second kappa shape index (κ2) is 5.09. The highest BCUT2D eigenvalue weighted by molar-refractivity contribution is 5.91. The molecule has 0 saturated heterocycles. The van der Waals surface area contributed by atoms with Crippen LogP contribution in [0.5, 0.6) is 0 Å². The lowest BCUT2D eigenvalue weighted by molar-refractivity contribution is 0.0754. The molecule has 1 fully saturated rings. The fraction of sp³-hybridized carbons (Fsp3) is 0.727. The molecule has 1 saturated carbocycles. The number of hydrogen-bond donors (Lipinski definition) is 1. The van der Waals surface area contributed by atoms with Crippen molar-refractivity contribution in [3.63, 3.8) is 0 Å². The summed E-state index contributed by atoms with van der Waals surface area (Å²) in [5.41, 5.74) is 0.401. The van der Waals surface area contributed by atoms with Gasteiger partial charge in [-0.15, -0.1) is 0 Å². The van der Waals surface area contributed by atoms with Crippen molar-refractivity contribution in [3.05, 3.63) is 11.9 Å². The first kappa shape index (κ1) is 11.1. The van der Waals surface area contributed by atoms with Crippen molar-refractivity contribution >= 4 is 5.91 Å². The molecule has 5 heteroatoms. The van der Waals surface area contributed by atoms with Gasteiger partial charge in [-0.1, -0.05) is 19.3 Å². The molecular weight excluding hydrogens is 204 g/mol. The highest BCUT2D eigenvalue weighted by Crippen LogP contribution is 2.24. The smallest absolute Gasteiger partial charge is 0.275 e. The van der Waals surface area contributed by atoms with Gasteiger partial charge in [0.25, 0.3) is 5.91 Å². The number of amides is 1. The molecule has 0 bridgehead atoms. The number of aromatic nitrogens is 3. The maximum atomic E-state index is 11.9. The van der Waals surface area contributed by atoms with Gasteiger partial charge >= 0.3 is 0 Å². The first-order valence-corrected chi connectivity index (χ1v) is 5.88. The van der Waals surface area contributed by atoms with Crippen LogP contribution < -0.4 is 0 Å². The van der Waals surface area contributed by atoms with Gasteiger partial charge in [0.15, 0.2) is 5.69 Å². The van der Waals surface area contributed by atoms with E-state index in [0.29, 0.717) is 11.6 Å². The Morgan fingerprint density at radius 2 is 2.25 bits per heavy atom. The third kappa shape index (κ3) is 2.59. The van der Waals surface area contributed by atoms with Crippen LogP contribution in [-0.2, 0) is 0 Å². The lowest BCUT2D eigenvalue weighted by Crippen LogP contribution is -2.32. The van der Waals surface area contributed by atoms with Gasteiger partial charge in [0.1, 0.15) is 0 Å². The van der Waals surface area contributed by atoms with Crippen molar-refractivity contribution in [3.8, 4) is 0 Å². The summed E-state index contributed by atoms with van der Waals surface area (Å²) in [6.07, 6.45) is 7.91. The van der Waals surface area contributed by atoms with E-state index in [1.807, 2.05) is 7.05 Å². The van der Waals surface area contributed by atoms with Crippen LogP contribution in [0.2, 0.25) is 0 Å². The number of carbonyl (C=O) groups is 1. The van der Waals surface area contributed by atoms with Gasteiger partial charge in [-0.2, -0.15) is 15.4 Å². The molecule has 0 spiro atoms. The molecule has 1 aliphatic carbocycles. The maximum absolute atomic E-state index is 11.9. The average Bonchev–Trinajstić information content (AvgIpc) is 2.83. The lowest BCUT2D eigenvalue weighted by Gasteiger charge is -2.26. The molecule has 1 amide bonds. The number of hydrogen-bond acceptors (Lipinski definition) is 3. The van der Waals surface area contributed by atoms with E-state index in [0.717, 1.165) is 6.54 Å². The molecule has 16 heavy (non-hydrogen) atoms. The van der Waals surface area contributed by atoms with E-state index in [9.17, 15) is 4.79 Å². The van der Waals surface area contributed by atoms with Crippen LogP contribution in [0.25, 0.3) is 0 Å². The van der Waals surface area contributed by atoms with E-state index in [1.54, 1.807) is 4.90 Å². The molecule has 1 N–H and O–H groups in total. The number of nitrogens with one attached hydrogen (secondary N) is 1. The Balaban J connectivity index is 1.87. The summed E-state index contributed by atoms with van der Waals surface area (Å²) >= 11 is 0. The molecule has 0 aromatic carbocycles. The van der Waals surface area contributed by atoms with Crippen molar-refractivity contribution in [2.45, 2.75) is 32.1 Å². The summed E-state index contributed by atoms with van der Waals surface area (Å²) in [7, 11) is 1.84. The first-order valence-electron chi connectivity index (χ1n) is 5.88. The molecule has 1 aliphatic rings. The third-order valence-corrected chi connectivity index (χ3v) is 3.24. The third-order valence-electron chi connectivity index (χ3n) is 3.24. The summed E-state index contributed by atoms with van der Waals surface area (Å²) in [6, 6.07) is 0. The minimum atomic E-state index is -0.0423. The van der Waals surface area contributed by atoms with Crippen LogP contribution in [0, 0.1) is 5.92 Å². The van der Waals surface area contributed by atoms with Crippen LogP contribution >= 0.6 is 0 Å². The Kier molecular flexibility index (Phi) is 3.54. The molecule has 1 aromatic heterocycles. The summed E-state index contributed by atoms with van der Waals surface area (Å²) in [4.78, 5) is 13.6. The summed E-state index contributed by atoms with van der Waals surface area (Å²) < 4.78 is 0. The number of aromatic amines is 1. The molecule has 2 rings (SSSR count). The molecule has 0 radical (unpaired) electrons. The normalized spacial score (nSPS) is 17.3. The average molecular weight is 222 g/mol. The van der Waals surface area contributed by atoms with Crippen LogP contribution in [0.1, 0.15) is 42.6 Å². The highest BCUT2D eigenvalue weighted by atomic mass is 16.2. The van der Waals surface area contributed by atoms with Gasteiger partial charge < -0.3 is 4.90 Å². The molecule has 1 aromatic rings. The van der Waals surface area contributed by atoms with Crippen molar-refractivity contribution < 1.29 is 4.79 Å². The Hall–Kier alpha value is -1.39. The van der Waals surface area contributed by atoms with Gasteiger partial charge in [0.2, 0.25) is 0 Å². The summed E-state index contributed by atoms with van der Waals surface area (Å²) in [5.74, 6) is 0.619. The highest BCUT2D eigenvalue weighted by Gasteiger charge is 2.20. The standard InChI is InChI=1S/C11H18N4O/c1-15(8-9-5-3-2-4-6-9)11(16)10-7-12-14-13-10/h7,9H,2-6,8H2,1H3,(H,12,13,14). The number of rotatable bonds is 3. The quantitative estimate of drug-likeness (QED) is 0.842. The molecule has 0 aliphatic heterocycles. The SMILES string of the molecule is CN(CC1CCCCC1)C(=O)c1cn[nH]n1. The van der Waals surface area contributed by atoms with Crippen LogP contribution in [0.15, 0.2) is 6.20 Å². The van der Waals surface area contributed by atoms with Crippen molar-refractivity contribution in [1.29, 1.82) is 0 Å². The maximum Gasteiger partial charge on any atom is 0.275 e. The van der Waals surface area contributed by atoms with E-state index < -0.39 is 0 Å². The molecule has 5 nitrogen and oxygen atoms in total. The summed E-state index contributed by atoms with van der Waals surface area (Å²) in [6.45, 7) is 0.839. The van der Waals surface area contributed by atoms with E-state index >= 15 is 0 Å². The molecular formula is C11H18N4O. The monoisotopic (exact) mass is 222 g/mol. The summed E-state index contributed by atoms with van der Waals surface area (Å²) in [5, 5.41) is 9.91. The van der Waals surface area contributed by atoms with Gasteiger partial charge in [0, 0.05) is 13.6 Å². The zero-order chi connectivity index (χ0) is 11.4. The second-order valence-corrected chi connectivity index (χ2v) is 4.54. The van der Waals surface area contributed by atoms with Crippen LogP contribution in [0.4, 0.5) is 0 Å². The van der Waals surface area contributed by atoms with E-state index in [2.05, 4.69) is 15.4 Å². The zero-order valence-corrected chi connectivity index (χ0v) is 9.65. The fourth-order valence-corrected chi connectivity index (χ4v) is 2.34. The topological polar surface area (TPSA) is 61.9 Å². The van der Waals surface area contributed by atoms with E-state index in [-0.39, 0.29) is 5.91 Å². The van der Waals surface area contributed by atoms with Crippen molar-refractivity contribution in [2.75, 3.05) is 13.6 Å². The molecule has 88 valence electrons. The second-order valence-electron chi connectivity index (χ2n) is 4.54. The van der Waals surface area contributed by atoms with Crippen molar-refractivity contribution in [1.82, 2.24) is 20.3 Å². The Bertz CT molecular complexity index is 330. The van der Waals surface area contributed by atoms with E-state index in [1.165, 1.54) is 38.3 Å².